The van der Waals surface area contributed by atoms with Crippen LogP contribution < -0.4 is 10.2 Å². The van der Waals surface area contributed by atoms with Gasteiger partial charge in [-0.2, -0.15) is 0 Å². The third kappa shape index (κ3) is 5.89. The van der Waals surface area contributed by atoms with Crippen molar-refractivity contribution in [2.45, 2.75) is 109 Å². The molecule has 0 radical (unpaired) electrons. The second-order valence-electron chi connectivity index (χ2n) is 13.9. The molecule has 2 saturated heterocycles. The van der Waals surface area contributed by atoms with Gasteiger partial charge in [0.15, 0.2) is 5.13 Å². The smallest absolute Gasteiger partial charge is 0.407 e. The van der Waals surface area contributed by atoms with E-state index >= 15 is 0 Å². The molecule has 38 heavy (non-hydrogen) atoms. The largest absolute Gasteiger partial charge is 0.444 e. The number of piperidine rings is 1. The van der Waals surface area contributed by atoms with Gasteiger partial charge in [-0.15, -0.1) is 11.3 Å². The Morgan fingerprint density at radius 1 is 1.03 bits per heavy atom. The number of ether oxygens (including phenoxy) is 1. The molecule has 5 rings (SSSR count). The fraction of sp³-hybridized carbons (Fsp3) is 0.677. The van der Waals surface area contributed by atoms with Crippen molar-refractivity contribution in [2.75, 3.05) is 31.1 Å². The molecule has 6 nitrogen and oxygen atoms in total. The quantitative estimate of drug-likeness (QED) is 0.468. The lowest BCUT2D eigenvalue weighted by atomic mass is 9.63. The van der Waals surface area contributed by atoms with Gasteiger partial charge in [0, 0.05) is 49.2 Å². The normalized spacial score (nSPS) is 23.8. The zero-order valence-electron chi connectivity index (χ0n) is 24.4. The van der Waals surface area contributed by atoms with Crippen molar-refractivity contribution >= 4 is 22.6 Å². The fourth-order valence-electron chi connectivity index (χ4n) is 6.42. The summed E-state index contributed by atoms with van der Waals surface area (Å²) in [7, 11) is 0. The van der Waals surface area contributed by atoms with Crippen molar-refractivity contribution in [3.63, 3.8) is 0 Å². The van der Waals surface area contributed by atoms with E-state index in [1.165, 1.54) is 29.5 Å². The highest BCUT2D eigenvalue weighted by Crippen LogP contribution is 2.47. The molecular weight excluding hydrogens is 492 g/mol. The van der Waals surface area contributed by atoms with Crippen LogP contribution in [0, 0.1) is 0 Å². The molecule has 2 aliphatic heterocycles. The molecule has 2 aromatic rings. The summed E-state index contributed by atoms with van der Waals surface area (Å²) in [6, 6.07) is 7.80. The number of fused-ring (bicyclic) bond motifs is 1. The summed E-state index contributed by atoms with van der Waals surface area (Å²) in [5.74, 6) is 0. The molecule has 1 aliphatic carbocycles. The number of nitrogens with one attached hydrogen (secondary N) is 1. The van der Waals surface area contributed by atoms with Crippen LogP contribution >= 0.6 is 11.3 Å². The topological polar surface area (TPSA) is 57.7 Å². The number of nitrogens with zero attached hydrogens (tertiary/aromatic N) is 3. The van der Waals surface area contributed by atoms with E-state index in [1.807, 2.05) is 20.8 Å². The Morgan fingerprint density at radius 2 is 1.71 bits per heavy atom. The van der Waals surface area contributed by atoms with Gasteiger partial charge in [-0.25, -0.2) is 9.78 Å². The minimum atomic E-state index is -0.460. The van der Waals surface area contributed by atoms with Crippen molar-refractivity contribution < 1.29 is 9.53 Å². The molecule has 0 spiro atoms. The summed E-state index contributed by atoms with van der Waals surface area (Å²) in [6.07, 6.45) is 5.42. The Labute approximate surface area is 233 Å². The molecule has 2 fully saturated rings. The minimum absolute atomic E-state index is 0.177. The maximum Gasteiger partial charge on any atom is 0.407 e. The number of carbonyl (C=O) groups is 1. The van der Waals surface area contributed by atoms with Gasteiger partial charge in [0.05, 0.1) is 5.69 Å². The number of hydrogen-bond acceptors (Lipinski definition) is 6. The fourth-order valence-corrected chi connectivity index (χ4v) is 7.31. The van der Waals surface area contributed by atoms with Crippen molar-refractivity contribution in [1.82, 2.24) is 15.2 Å². The number of thiazole rings is 1. The molecular formula is C31H46N4O2S. The van der Waals surface area contributed by atoms with Crippen molar-refractivity contribution in [1.29, 1.82) is 0 Å². The molecule has 1 aromatic heterocycles. The average molecular weight is 539 g/mol. The zero-order chi connectivity index (χ0) is 27.3. The first-order chi connectivity index (χ1) is 17.8. The molecule has 3 heterocycles. The summed E-state index contributed by atoms with van der Waals surface area (Å²) >= 11 is 1.77. The van der Waals surface area contributed by atoms with Gasteiger partial charge >= 0.3 is 6.09 Å². The molecule has 0 saturated carbocycles. The van der Waals surface area contributed by atoms with Crippen LogP contribution in [0.4, 0.5) is 9.93 Å². The minimum Gasteiger partial charge on any atom is -0.444 e. The van der Waals surface area contributed by atoms with Crippen molar-refractivity contribution in [2.24, 2.45) is 0 Å². The molecule has 1 unspecified atom stereocenters. The third-order valence-electron chi connectivity index (χ3n) is 8.83. The Hall–Kier alpha value is -2.12. The number of alkyl carbamates (subject to hydrolysis) is 1. The second-order valence-corrected chi connectivity index (χ2v) is 14.7. The van der Waals surface area contributed by atoms with Crippen molar-refractivity contribution in [3.8, 4) is 11.3 Å². The predicted molar refractivity (Wildman–Crippen MR) is 157 cm³/mol. The Kier molecular flexibility index (Phi) is 7.31. The van der Waals surface area contributed by atoms with Gasteiger partial charge in [-0.05, 0) is 80.9 Å². The number of likely N-dealkylation sites (tertiary alicyclic amines) is 1. The number of aromatic nitrogens is 1. The maximum absolute atomic E-state index is 12.2. The summed E-state index contributed by atoms with van der Waals surface area (Å²) in [4.78, 5) is 22.3. The SMILES string of the molecule is CC(C)(C)OC(=O)NC1CCN(C2CCN(c3nc(-c4ccc5c(c4)C(C)(C)CCC5(C)C)cs3)CC2)C1. The molecule has 208 valence electrons. The molecule has 1 amide bonds. The highest BCUT2D eigenvalue weighted by Gasteiger charge is 2.37. The number of hydrogen-bond donors (Lipinski definition) is 1. The second kappa shape index (κ2) is 10.1. The van der Waals surface area contributed by atoms with Gasteiger partial charge in [0.1, 0.15) is 5.60 Å². The van der Waals surface area contributed by atoms with Crippen LogP contribution in [0.25, 0.3) is 11.3 Å². The number of anilines is 1. The summed E-state index contributed by atoms with van der Waals surface area (Å²) < 4.78 is 5.44. The van der Waals surface area contributed by atoms with E-state index in [-0.39, 0.29) is 23.0 Å². The van der Waals surface area contributed by atoms with E-state index in [1.54, 1.807) is 11.3 Å². The van der Waals surface area contributed by atoms with Crippen molar-refractivity contribution in [3.05, 3.63) is 34.7 Å². The number of carbonyl (C=O) groups excluding carboxylic acids is 1. The van der Waals surface area contributed by atoms with Gasteiger partial charge in [0.2, 0.25) is 0 Å². The lowest BCUT2D eigenvalue weighted by Crippen LogP contribution is -2.46. The van der Waals surface area contributed by atoms with E-state index in [0.717, 1.165) is 56.3 Å². The van der Waals surface area contributed by atoms with Crippen LogP contribution in [0.2, 0.25) is 0 Å². The highest BCUT2D eigenvalue weighted by molar-refractivity contribution is 7.14. The van der Waals surface area contributed by atoms with Crippen LogP contribution in [0.5, 0.6) is 0 Å². The predicted octanol–water partition coefficient (Wildman–Crippen LogP) is 6.73. The summed E-state index contributed by atoms with van der Waals surface area (Å²) in [5.41, 5.74) is 5.32. The Morgan fingerprint density at radius 3 is 2.39 bits per heavy atom. The molecule has 1 atom stereocenters. The van der Waals surface area contributed by atoms with E-state index in [4.69, 9.17) is 9.72 Å². The van der Waals surface area contributed by atoms with Crippen LogP contribution in [-0.2, 0) is 15.6 Å². The first-order valence-corrected chi connectivity index (χ1v) is 15.3. The van der Waals surface area contributed by atoms with Crippen LogP contribution in [0.3, 0.4) is 0 Å². The van der Waals surface area contributed by atoms with Gasteiger partial charge in [-0.3, -0.25) is 4.90 Å². The van der Waals surface area contributed by atoms with E-state index in [2.05, 4.69) is 66.4 Å². The Bertz CT molecular complexity index is 1160. The number of benzene rings is 1. The molecule has 7 heteroatoms. The highest BCUT2D eigenvalue weighted by atomic mass is 32.1. The molecule has 1 N–H and O–H groups in total. The standard InChI is InChI=1S/C31H46N4O2S/c1-29(2,3)37-28(36)32-22-10-15-35(19-22)23-11-16-34(17-12-23)27-33-26(20-38-27)21-8-9-24-25(18-21)31(6,7)14-13-30(24,4)5/h8-9,18,20,22-23H,10-17,19H2,1-7H3,(H,32,36). The van der Waals surface area contributed by atoms with Gasteiger partial charge < -0.3 is 15.0 Å². The van der Waals surface area contributed by atoms with Crippen LogP contribution in [0.1, 0.15) is 91.7 Å². The van der Waals surface area contributed by atoms with E-state index in [9.17, 15) is 4.79 Å². The monoisotopic (exact) mass is 538 g/mol. The third-order valence-corrected chi connectivity index (χ3v) is 9.73. The van der Waals surface area contributed by atoms with E-state index < -0.39 is 5.60 Å². The van der Waals surface area contributed by atoms with Gasteiger partial charge in [-0.1, -0.05) is 39.8 Å². The first kappa shape index (κ1) is 27.4. The number of amides is 1. The maximum atomic E-state index is 12.2. The van der Waals surface area contributed by atoms with E-state index in [0.29, 0.717) is 6.04 Å². The van der Waals surface area contributed by atoms with Crippen LogP contribution in [0.15, 0.2) is 23.6 Å². The zero-order valence-corrected chi connectivity index (χ0v) is 25.2. The Balaban J connectivity index is 1.18. The summed E-state index contributed by atoms with van der Waals surface area (Å²) in [5, 5.41) is 6.44. The summed E-state index contributed by atoms with van der Waals surface area (Å²) in [6.45, 7) is 19.3. The number of rotatable bonds is 4. The average Bonchev–Trinajstić information content (AvgIpc) is 3.51. The lowest BCUT2D eigenvalue weighted by molar-refractivity contribution is 0.0504. The van der Waals surface area contributed by atoms with Gasteiger partial charge in [0.25, 0.3) is 0 Å². The molecule has 3 aliphatic rings. The van der Waals surface area contributed by atoms with Crippen LogP contribution in [-0.4, -0.2) is 59.8 Å². The first-order valence-electron chi connectivity index (χ1n) is 14.4. The molecule has 0 bridgehead atoms. The lowest BCUT2D eigenvalue weighted by Gasteiger charge is -2.42. The molecule has 1 aromatic carbocycles.